The fourth-order valence-electron chi connectivity index (χ4n) is 2.32. The Morgan fingerprint density at radius 3 is 2.47 bits per heavy atom. The maximum absolute atomic E-state index is 12.7. The molecule has 1 aliphatic rings. The monoisotopic (exact) mass is 236 g/mol. The molecule has 1 aromatic rings. The van der Waals surface area contributed by atoms with Crippen LogP contribution in [0, 0.1) is 5.82 Å². The van der Waals surface area contributed by atoms with Crippen LogP contribution in [-0.2, 0) is 6.54 Å². The molecule has 1 aromatic carbocycles. The first-order chi connectivity index (χ1) is 8.28. The summed E-state index contributed by atoms with van der Waals surface area (Å²) in [6.07, 6.45) is 2.43. The summed E-state index contributed by atoms with van der Waals surface area (Å²) in [4.78, 5) is 2.48. The average Bonchev–Trinajstić information content (AvgIpc) is 2.39. The maximum Gasteiger partial charge on any atom is 0.123 e. The van der Waals surface area contributed by atoms with Crippen molar-refractivity contribution in [1.82, 2.24) is 10.2 Å². The third-order valence-corrected chi connectivity index (χ3v) is 3.54. The van der Waals surface area contributed by atoms with Gasteiger partial charge in [-0.3, -0.25) is 0 Å². The fourth-order valence-corrected chi connectivity index (χ4v) is 2.32. The minimum absolute atomic E-state index is 0.162. The van der Waals surface area contributed by atoms with E-state index < -0.39 is 0 Å². The zero-order valence-electron chi connectivity index (χ0n) is 10.5. The van der Waals surface area contributed by atoms with Gasteiger partial charge in [-0.05, 0) is 50.2 Å². The van der Waals surface area contributed by atoms with Crippen LogP contribution in [0.15, 0.2) is 24.3 Å². The summed E-state index contributed by atoms with van der Waals surface area (Å²) in [7, 11) is 0. The van der Waals surface area contributed by atoms with Gasteiger partial charge >= 0.3 is 0 Å². The molecule has 1 aliphatic heterocycles. The van der Waals surface area contributed by atoms with E-state index in [4.69, 9.17) is 0 Å². The van der Waals surface area contributed by atoms with Crippen LogP contribution in [0.25, 0.3) is 0 Å². The van der Waals surface area contributed by atoms with Gasteiger partial charge < -0.3 is 10.2 Å². The van der Waals surface area contributed by atoms with Crippen LogP contribution in [0.2, 0.25) is 0 Å². The summed E-state index contributed by atoms with van der Waals surface area (Å²) < 4.78 is 12.7. The second-order valence-corrected chi connectivity index (χ2v) is 4.72. The Morgan fingerprint density at radius 2 is 1.88 bits per heavy atom. The molecule has 0 aliphatic carbocycles. The lowest BCUT2D eigenvalue weighted by atomic mass is 10.0. The van der Waals surface area contributed by atoms with Gasteiger partial charge in [-0.1, -0.05) is 19.1 Å². The Morgan fingerprint density at radius 1 is 1.24 bits per heavy atom. The van der Waals surface area contributed by atoms with Gasteiger partial charge in [-0.25, -0.2) is 4.39 Å². The van der Waals surface area contributed by atoms with Gasteiger partial charge in [0.2, 0.25) is 0 Å². The lowest BCUT2D eigenvalue weighted by molar-refractivity contribution is 0.206. The lowest BCUT2D eigenvalue weighted by Gasteiger charge is -2.31. The highest BCUT2D eigenvalue weighted by molar-refractivity contribution is 5.15. The smallest absolute Gasteiger partial charge is 0.123 e. The largest absolute Gasteiger partial charge is 0.310 e. The molecule has 0 radical (unpaired) electrons. The van der Waals surface area contributed by atoms with Crippen LogP contribution < -0.4 is 5.32 Å². The van der Waals surface area contributed by atoms with Gasteiger partial charge in [0.1, 0.15) is 5.82 Å². The van der Waals surface area contributed by atoms with Crippen molar-refractivity contribution in [1.29, 1.82) is 0 Å². The minimum atomic E-state index is -0.162. The van der Waals surface area contributed by atoms with Gasteiger partial charge in [-0.15, -0.1) is 0 Å². The fraction of sp³-hybridized carbons (Fsp3) is 0.571. The maximum atomic E-state index is 12.7. The lowest BCUT2D eigenvalue weighted by Crippen LogP contribution is -2.42. The SMILES string of the molecule is CCN1CCC(NCc2ccc(F)cc2)CC1. The van der Waals surface area contributed by atoms with E-state index in [2.05, 4.69) is 17.1 Å². The number of nitrogens with zero attached hydrogens (tertiary/aromatic N) is 1. The molecule has 0 unspecified atom stereocenters. The summed E-state index contributed by atoms with van der Waals surface area (Å²) in [6, 6.07) is 7.36. The average molecular weight is 236 g/mol. The van der Waals surface area contributed by atoms with E-state index in [0.29, 0.717) is 6.04 Å². The molecule has 94 valence electrons. The van der Waals surface area contributed by atoms with Crippen molar-refractivity contribution in [3.05, 3.63) is 35.6 Å². The summed E-state index contributed by atoms with van der Waals surface area (Å²) >= 11 is 0. The molecule has 1 saturated heterocycles. The van der Waals surface area contributed by atoms with E-state index in [1.807, 2.05) is 12.1 Å². The first-order valence-corrected chi connectivity index (χ1v) is 6.48. The van der Waals surface area contributed by atoms with Crippen molar-refractivity contribution < 1.29 is 4.39 Å². The second kappa shape index (κ2) is 6.12. The Labute approximate surface area is 103 Å². The third kappa shape index (κ3) is 3.79. The molecule has 1 fully saturated rings. The third-order valence-electron chi connectivity index (χ3n) is 3.54. The van der Waals surface area contributed by atoms with Crippen LogP contribution in [0.3, 0.4) is 0 Å². The van der Waals surface area contributed by atoms with Crippen molar-refractivity contribution in [2.75, 3.05) is 19.6 Å². The molecule has 0 atom stereocenters. The molecule has 17 heavy (non-hydrogen) atoms. The Kier molecular flexibility index (Phi) is 4.51. The van der Waals surface area contributed by atoms with Gasteiger partial charge in [0.25, 0.3) is 0 Å². The van der Waals surface area contributed by atoms with Crippen molar-refractivity contribution in [2.45, 2.75) is 32.4 Å². The molecule has 3 heteroatoms. The summed E-state index contributed by atoms with van der Waals surface area (Å²) in [6.45, 7) is 6.60. The van der Waals surface area contributed by atoms with Crippen LogP contribution in [0.4, 0.5) is 4.39 Å². The zero-order chi connectivity index (χ0) is 12.1. The Bertz CT molecular complexity index is 329. The summed E-state index contributed by atoms with van der Waals surface area (Å²) in [5.41, 5.74) is 1.16. The standard InChI is InChI=1S/C14H21FN2/c1-2-17-9-7-14(8-10-17)16-11-12-3-5-13(15)6-4-12/h3-6,14,16H,2,7-11H2,1H3. The van der Waals surface area contributed by atoms with E-state index >= 15 is 0 Å². The molecular weight excluding hydrogens is 215 g/mol. The van der Waals surface area contributed by atoms with Crippen LogP contribution in [0.1, 0.15) is 25.3 Å². The van der Waals surface area contributed by atoms with E-state index in [1.165, 1.54) is 38.1 Å². The number of benzene rings is 1. The number of hydrogen-bond donors (Lipinski definition) is 1. The molecule has 2 nitrogen and oxygen atoms in total. The molecular formula is C14H21FN2. The highest BCUT2D eigenvalue weighted by Gasteiger charge is 2.16. The first-order valence-electron chi connectivity index (χ1n) is 6.48. The highest BCUT2D eigenvalue weighted by atomic mass is 19.1. The first kappa shape index (κ1) is 12.5. The van der Waals surface area contributed by atoms with Crippen molar-refractivity contribution >= 4 is 0 Å². The second-order valence-electron chi connectivity index (χ2n) is 4.72. The Balaban J connectivity index is 1.74. The molecule has 2 rings (SSSR count). The summed E-state index contributed by atoms with van der Waals surface area (Å²) in [5.74, 6) is -0.162. The molecule has 1 heterocycles. The molecule has 1 N–H and O–H groups in total. The van der Waals surface area contributed by atoms with Crippen LogP contribution in [0.5, 0.6) is 0 Å². The van der Waals surface area contributed by atoms with E-state index in [0.717, 1.165) is 18.7 Å². The number of likely N-dealkylation sites (tertiary alicyclic amines) is 1. The van der Waals surface area contributed by atoms with Crippen LogP contribution >= 0.6 is 0 Å². The minimum Gasteiger partial charge on any atom is -0.310 e. The van der Waals surface area contributed by atoms with E-state index in [-0.39, 0.29) is 5.82 Å². The number of rotatable bonds is 4. The predicted octanol–water partition coefficient (Wildman–Crippen LogP) is 2.40. The van der Waals surface area contributed by atoms with E-state index in [1.54, 1.807) is 0 Å². The number of halogens is 1. The van der Waals surface area contributed by atoms with Crippen LogP contribution in [-0.4, -0.2) is 30.6 Å². The quantitative estimate of drug-likeness (QED) is 0.863. The number of nitrogens with one attached hydrogen (secondary N) is 1. The molecule has 0 spiro atoms. The molecule has 0 saturated carbocycles. The van der Waals surface area contributed by atoms with Gasteiger partial charge in [-0.2, -0.15) is 0 Å². The predicted molar refractivity (Wildman–Crippen MR) is 68.4 cm³/mol. The van der Waals surface area contributed by atoms with Crippen molar-refractivity contribution in [3.8, 4) is 0 Å². The zero-order valence-corrected chi connectivity index (χ0v) is 10.5. The molecule has 0 aromatic heterocycles. The van der Waals surface area contributed by atoms with Crippen molar-refractivity contribution in [2.24, 2.45) is 0 Å². The topological polar surface area (TPSA) is 15.3 Å². The number of hydrogen-bond acceptors (Lipinski definition) is 2. The highest BCUT2D eigenvalue weighted by Crippen LogP contribution is 2.11. The Hall–Kier alpha value is -0.930. The van der Waals surface area contributed by atoms with Gasteiger partial charge in [0, 0.05) is 12.6 Å². The van der Waals surface area contributed by atoms with Crippen molar-refractivity contribution in [3.63, 3.8) is 0 Å². The number of piperidine rings is 1. The molecule has 0 bridgehead atoms. The summed E-state index contributed by atoms with van der Waals surface area (Å²) in [5, 5.41) is 3.55. The normalized spacial score (nSPS) is 18.5. The molecule has 0 amide bonds. The van der Waals surface area contributed by atoms with E-state index in [9.17, 15) is 4.39 Å². The van der Waals surface area contributed by atoms with Gasteiger partial charge in [0.15, 0.2) is 0 Å². The van der Waals surface area contributed by atoms with Gasteiger partial charge in [0.05, 0.1) is 0 Å².